The van der Waals surface area contributed by atoms with Crippen LogP contribution >= 0.6 is 0 Å². The van der Waals surface area contributed by atoms with Crippen LogP contribution in [0.3, 0.4) is 0 Å². The van der Waals surface area contributed by atoms with Crippen molar-refractivity contribution in [2.75, 3.05) is 13.2 Å². The van der Waals surface area contributed by atoms with Gasteiger partial charge in [0.25, 0.3) is 0 Å². The van der Waals surface area contributed by atoms with Crippen molar-refractivity contribution in [1.29, 1.82) is 0 Å². The normalized spacial score (nSPS) is 13.8. The molecule has 108 valence electrons. The molecule has 1 aromatic heterocycles. The molecule has 0 amide bonds. The van der Waals surface area contributed by atoms with Crippen molar-refractivity contribution < 1.29 is 5.11 Å². The Balaban J connectivity index is 2.44. The van der Waals surface area contributed by atoms with Gasteiger partial charge in [-0.25, -0.2) is 0 Å². The van der Waals surface area contributed by atoms with Gasteiger partial charge in [0.2, 0.25) is 0 Å². The lowest BCUT2D eigenvalue weighted by Gasteiger charge is -2.25. The predicted octanol–water partition coefficient (Wildman–Crippen LogP) is 3.17. The SMILES string of the molecule is CC(C)C(NCCCC(C)(C)CO)c1cccnc1. The number of aliphatic hydroxyl groups is 1. The Kier molecular flexibility index (Phi) is 6.46. The highest BCUT2D eigenvalue weighted by atomic mass is 16.3. The Hall–Kier alpha value is -0.930. The van der Waals surface area contributed by atoms with Crippen molar-refractivity contribution in [3.8, 4) is 0 Å². The zero-order valence-corrected chi connectivity index (χ0v) is 12.7. The van der Waals surface area contributed by atoms with Crippen LogP contribution in [0.2, 0.25) is 0 Å². The summed E-state index contributed by atoms with van der Waals surface area (Å²) >= 11 is 0. The highest BCUT2D eigenvalue weighted by molar-refractivity contribution is 5.14. The summed E-state index contributed by atoms with van der Waals surface area (Å²) in [7, 11) is 0. The monoisotopic (exact) mass is 264 g/mol. The van der Waals surface area contributed by atoms with Gasteiger partial charge >= 0.3 is 0 Å². The third kappa shape index (κ3) is 5.70. The van der Waals surface area contributed by atoms with Crippen LogP contribution in [0.4, 0.5) is 0 Å². The van der Waals surface area contributed by atoms with Gasteiger partial charge < -0.3 is 10.4 Å². The average molecular weight is 264 g/mol. The average Bonchev–Trinajstić information content (AvgIpc) is 2.39. The number of pyridine rings is 1. The molecule has 0 saturated heterocycles. The topological polar surface area (TPSA) is 45.1 Å². The molecule has 3 heteroatoms. The molecule has 0 aromatic carbocycles. The molecule has 0 bridgehead atoms. The first-order valence-corrected chi connectivity index (χ1v) is 7.20. The molecule has 0 spiro atoms. The number of nitrogens with one attached hydrogen (secondary N) is 1. The third-order valence-corrected chi connectivity index (χ3v) is 3.53. The van der Waals surface area contributed by atoms with E-state index in [1.165, 1.54) is 5.56 Å². The molecule has 0 aliphatic carbocycles. The molecule has 2 N–H and O–H groups in total. The molecule has 0 aliphatic heterocycles. The second-order valence-corrected chi connectivity index (χ2v) is 6.39. The minimum atomic E-state index is 0.0311. The summed E-state index contributed by atoms with van der Waals surface area (Å²) in [5.74, 6) is 0.537. The Morgan fingerprint density at radius 3 is 2.63 bits per heavy atom. The summed E-state index contributed by atoms with van der Waals surface area (Å²) in [4.78, 5) is 4.20. The third-order valence-electron chi connectivity index (χ3n) is 3.53. The molecular weight excluding hydrogens is 236 g/mol. The predicted molar refractivity (Wildman–Crippen MR) is 79.9 cm³/mol. The minimum Gasteiger partial charge on any atom is -0.396 e. The molecular formula is C16H28N2O. The number of hydrogen-bond acceptors (Lipinski definition) is 3. The Morgan fingerprint density at radius 2 is 2.11 bits per heavy atom. The van der Waals surface area contributed by atoms with Gasteiger partial charge in [-0.05, 0) is 42.3 Å². The van der Waals surface area contributed by atoms with Crippen LogP contribution in [0.5, 0.6) is 0 Å². The van der Waals surface area contributed by atoms with Gasteiger partial charge in [0.1, 0.15) is 0 Å². The number of rotatable bonds is 8. The van der Waals surface area contributed by atoms with Crippen LogP contribution in [0, 0.1) is 11.3 Å². The first-order valence-electron chi connectivity index (χ1n) is 7.20. The summed E-state index contributed by atoms with van der Waals surface area (Å²) in [5, 5.41) is 12.9. The first kappa shape index (κ1) is 16.1. The summed E-state index contributed by atoms with van der Waals surface area (Å²) < 4.78 is 0. The lowest BCUT2D eigenvalue weighted by Crippen LogP contribution is -2.28. The maximum absolute atomic E-state index is 9.24. The summed E-state index contributed by atoms with van der Waals surface area (Å²) in [6, 6.07) is 4.47. The number of nitrogens with zero attached hydrogens (tertiary/aromatic N) is 1. The summed E-state index contributed by atoms with van der Waals surface area (Å²) in [6.45, 7) is 9.89. The lowest BCUT2D eigenvalue weighted by atomic mass is 9.89. The fraction of sp³-hybridized carbons (Fsp3) is 0.688. The van der Waals surface area contributed by atoms with Gasteiger partial charge in [0.15, 0.2) is 0 Å². The summed E-state index contributed by atoms with van der Waals surface area (Å²) in [5.41, 5.74) is 1.28. The molecule has 1 rings (SSSR count). The van der Waals surface area contributed by atoms with Crippen LogP contribution in [0.1, 0.15) is 52.1 Å². The highest BCUT2D eigenvalue weighted by Crippen LogP contribution is 2.23. The van der Waals surface area contributed by atoms with Gasteiger partial charge in [-0.3, -0.25) is 4.98 Å². The van der Waals surface area contributed by atoms with Gasteiger partial charge in [-0.1, -0.05) is 33.8 Å². The van der Waals surface area contributed by atoms with E-state index in [0.717, 1.165) is 19.4 Å². The van der Waals surface area contributed by atoms with E-state index < -0.39 is 0 Å². The zero-order valence-electron chi connectivity index (χ0n) is 12.7. The second-order valence-electron chi connectivity index (χ2n) is 6.39. The second kappa shape index (κ2) is 7.61. The van der Waals surface area contributed by atoms with Crippen LogP contribution in [0.15, 0.2) is 24.5 Å². The quantitative estimate of drug-likeness (QED) is 0.709. The smallest absolute Gasteiger partial charge is 0.0482 e. The largest absolute Gasteiger partial charge is 0.396 e. The van der Waals surface area contributed by atoms with Crippen molar-refractivity contribution in [2.24, 2.45) is 11.3 Å². The van der Waals surface area contributed by atoms with Crippen molar-refractivity contribution in [1.82, 2.24) is 10.3 Å². The molecule has 0 saturated carbocycles. The van der Waals surface area contributed by atoms with Crippen molar-refractivity contribution in [2.45, 2.75) is 46.6 Å². The van der Waals surface area contributed by atoms with E-state index in [2.05, 4.69) is 44.1 Å². The van der Waals surface area contributed by atoms with E-state index in [0.29, 0.717) is 12.0 Å². The first-order chi connectivity index (χ1) is 8.96. The van der Waals surface area contributed by atoms with Crippen LogP contribution in [0.25, 0.3) is 0 Å². The number of hydrogen-bond donors (Lipinski definition) is 2. The van der Waals surface area contributed by atoms with E-state index in [1.54, 1.807) is 0 Å². The van der Waals surface area contributed by atoms with Crippen molar-refractivity contribution in [3.05, 3.63) is 30.1 Å². The Bertz CT molecular complexity index is 349. The van der Waals surface area contributed by atoms with Gasteiger partial charge in [0, 0.05) is 25.0 Å². The lowest BCUT2D eigenvalue weighted by molar-refractivity contribution is 0.147. The maximum Gasteiger partial charge on any atom is 0.0482 e. The molecule has 3 nitrogen and oxygen atoms in total. The summed E-state index contributed by atoms with van der Waals surface area (Å²) in [6.07, 6.45) is 5.87. The minimum absolute atomic E-state index is 0.0311. The van der Waals surface area contributed by atoms with E-state index in [9.17, 15) is 5.11 Å². The molecule has 1 unspecified atom stereocenters. The Labute approximate surface area is 117 Å². The molecule has 1 atom stereocenters. The molecule has 19 heavy (non-hydrogen) atoms. The van der Waals surface area contributed by atoms with E-state index in [-0.39, 0.29) is 12.0 Å². The zero-order chi connectivity index (χ0) is 14.3. The van der Waals surface area contributed by atoms with E-state index in [4.69, 9.17) is 0 Å². The van der Waals surface area contributed by atoms with Crippen LogP contribution in [-0.2, 0) is 0 Å². The molecule has 0 aliphatic rings. The number of aliphatic hydroxyl groups excluding tert-OH is 1. The van der Waals surface area contributed by atoms with Gasteiger partial charge in [0.05, 0.1) is 0 Å². The molecule has 1 heterocycles. The highest BCUT2D eigenvalue weighted by Gasteiger charge is 2.18. The molecule has 1 aromatic rings. The molecule has 0 radical (unpaired) electrons. The van der Waals surface area contributed by atoms with Gasteiger partial charge in [-0.15, -0.1) is 0 Å². The maximum atomic E-state index is 9.24. The van der Waals surface area contributed by atoms with Crippen molar-refractivity contribution in [3.63, 3.8) is 0 Å². The number of aromatic nitrogens is 1. The standard InChI is InChI=1S/C16H28N2O/c1-13(2)15(14-7-5-9-17-11-14)18-10-6-8-16(3,4)12-19/h5,7,9,11,13,15,18-19H,6,8,10,12H2,1-4H3. The fourth-order valence-electron chi connectivity index (χ4n) is 2.20. The van der Waals surface area contributed by atoms with Crippen molar-refractivity contribution >= 4 is 0 Å². The fourth-order valence-corrected chi connectivity index (χ4v) is 2.20. The van der Waals surface area contributed by atoms with Crippen LogP contribution < -0.4 is 5.32 Å². The van der Waals surface area contributed by atoms with Gasteiger partial charge in [-0.2, -0.15) is 0 Å². The Morgan fingerprint density at radius 1 is 1.37 bits per heavy atom. The van der Waals surface area contributed by atoms with Crippen LogP contribution in [-0.4, -0.2) is 23.2 Å². The van der Waals surface area contributed by atoms with E-state index in [1.807, 2.05) is 18.5 Å². The van der Waals surface area contributed by atoms with E-state index >= 15 is 0 Å². The molecule has 0 fully saturated rings.